The van der Waals surface area contributed by atoms with Crippen LogP contribution in [-0.2, 0) is 0 Å². The van der Waals surface area contributed by atoms with Crippen LogP contribution in [0.15, 0.2) is 18.3 Å². The Morgan fingerprint density at radius 2 is 2.15 bits per heavy atom. The maximum atomic E-state index is 12.5. The van der Waals surface area contributed by atoms with Gasteiger partial charge in [-0.2, -0.15) is 0 Å². The number of pyridine rings is 1. The fraction of sp³-hybridized carbons (Fsp3) is 0.444. The summed E-state index contributed by atoms with van der Waals surface area (Å²) < 4.78 is 12.5. The molecule has 0 aliphatic rings. The van der Waals surface area contributed by atoms with Crippen molar-refractivity contribution in [3.05, 3.63) is 29.8 Å². The number of halogens is 1. The van der Waals surface area contributed by atoms with Gasteiger partial charge in [0, 0.05) is 0 Å². The molecule has 0 saturated carbocycles. The van der Waals surface area contributed by atoms with Gasteiger partial charge < -0.3 is 0 Å². The Balaban J connectivity index is 2.86. The second-order valence-electron chi connectivity index (χ2n) is 3.29. The van der Waals surface area contributed by atoms with Crippen molar-refractivity contribution in [3.8, 4) is 0 Å². The number of nitrogens with one attached hydrogen (secondary N) is 1. The van der Waals surface area contributed by atoms with Crippen LogP contribution >= 0.6 is 0 Å². The molecule has 72 valence electrons. The van der Waals surface area contributed by atoms with Crippen LogP contribution in [0.4, 0.5) is 4.39 Å². The quantitative estimate of drug-likeness (QED) is 0.550. The lowest BCUT2D eigenvalue weighted by atomic mass is 10.0. The van der Waals surface area contributed by atoms with Gasteiger partial charge in [0.15, 0.2) is 0 Å². The topological polar surface area (TPSA) is 50.9 Å². The van der Waals surface area contributed by atoms with Crippen molar-refractivity contribution in [1.82, 2.24) is 10.4 Å². The molecule has 0 radical (unpaired) electrons. The average Bonchev–Trinajstić information content (AvgIpc) is 2.09. The minimum absolute atomic E-state index is 0.0272. The molecule has 0 aliphatic heterocycles. The van der Waals surface area contributed by atoms with Crippen LogP contribution in [0.1, 0.15) is 25.6 Å². The summed E-state index contributed by atoms with van der Waals surface area (Å²) >= 11 is 0. The van der Waals surface area contributed by atoms with Crippen LogP contribution < -0.4 is 11.3 Å². The Labute approximate surface area is 77.1 Å². The van der Waals surface area contributed by atoms with E-state index in [1.807, 2.05) is 13.8 Å². The van der Waals surface area contributed by atoms with E-state index in [9.17, 15) is 4.39 Å². The SMILES string of the molecule is CC(C)C(NN)c1ccc(F)cn1. The van der Waals surface area contributed by atoms with Crippen LogP contribution in [0.5, 0.6) is 0 Å². The second kappa shape index (κ2) is 4.30. The normalized spacial score (nSPS) is 13.3. The first-order valence-electron chi connectivity index (χ1n) is 4.22. The van der Waals surface area contributed by atoms with Gasteiger partial charge in [0.2, 0.25) is 0 Å². The minimum atomic E-state index is -0.330. The molecular formula is C9H14FN3. The van der Waals surface area contributed by atoms with E-state index in [0.717, 1.165) is 5.69 Å². The maximum absolute atomic E-state index is 12.5. The highest BCUT2D eigenvalue weighted by Crippen LogP contribution is 2.18. The molecule has 0 saturated heterocycles. The van der Waals surface area contributed by atoms with E-state index in [2.05, 4.69) is 10.4 Å². The summed E-state index contributed by atoms with van der Waals surface area (Å²) in [5, 5.41) is 0. The Kier molecular flexibility index (Phi) is 3.33. The first-order chi connectivity index (χ1) is 6.15. The number of hydrogen-bond acceptors (Lipinski definition) is 3. The summed E-state index contributed by atoms with van der Waals surface area (Å²) in [4.78, 5) is 3.95. The summed E-state index contributed by atoms with van der Waals surface area (Å²) in [5.74, 6) is 5.35. The van der Waals surface area contributed by atoms with Gasteiger partial charge >= 0.3 is 0 Å². The van der Waals surface area contributed by atoms with Gasteiger partial charge in [-0.05, 0) is 18.1 Å². The summed E-state index contributed by atoms with van der Waals surface area (Å²) in [7, 11) is 0. The van der Waals surface area contributed by atoms with Crippen LogP contribution in [0, 0.1) is 11.7 Å². The average molecular weight is 183 g/mol. The predicted octanol–water partition coefficient (Wildman–Crippen LogP) is 1.38. The monoisotopic (exact) mass is 183 g/mol. The third-order valence-corrected chi connectivity index (χ3v) is 1.92. The van der Waals surface area contributed by atoms with Gasteiger partial charge in [0.25, 0.3) is 0 Å². The lowest BCUT2D eigenvalue weighted by molar-refractivity contribution is 0.411. The zero-order valence-electron chi connectivity index (χ0n) is 7.79. The minimum Gasteiger partial charge on any atom is -0.271 e. The van der Waals surface area contributed by atoms with Gasteiger partial charge in [0.05, 0.1) is 17.9 Å². The van der Waals surface area contributed by atoms with E-state index < -0.39 is 0 Å². The zero-order chi connectivity index (χ0) is 9.84. The van der Waals surface area contributed by atoms with Crippen LogP contribution in [-0.4, -0.2) is 4.98 Å². The van der Waals surface area contributed by atoms with E-state index in [1.54, 1.807) is 6.07 Å². The third-order valence-electron chi connectivity index (χ3n) is 1.92. The molecule has 0 bridgehead atoms. The standard InChI is InChI=1S/C9H14FN3/c1-6(2)9(13-11)8-4-3-7(10)5-12-8/h3-6,9,13H,11H2,1-2H3. The summed E-state index contributed by atoms with van der Waals surface area (Å²) in [6.45, 7) is 4.05. The molecule has 3 N–H and O–H groups in total. The predicted molar refractivity (Wildman–Crippen MR) is 49.1 cm³/mol. The molecule has 1 unspecified atom stereocenters. The summed E-state index contributed by atoms with van der Waals surface area (Å²) in [5.41, 5.74) is 3.42. The molecular weight excluding hydrogens is 169 g/mol. The molecule has 0 amide bonds. The molecule has 1 aromatic rings. The number of hydrogen-bond donors (Lipinski definition) is 2. The number of nitrogens with zero attached hydrogens (tertiary/aromatic N) is 1. The number of nitrogens with two attached hydrogens (primary N) is 1. The Hall–Kier alpha value is -1.00. The van der Waals surface area contributed by atoms with Crippen molar-refractivity contribution >= 4 is 0 Å². The largest absolute Gasteiger partial charge is 0.271 e. The van der Waals surface area contributed by atoms with Crippen molar-refractivity contribution in [2.75, 3.05) is 0 Å². The highest BCUT2D eigenvalue weighted by molar-refractivity contribution is 5.10. The highest BCUT2D eigenvalue weighted by Gasteiger charge is 2.14. The Bertz CT molecular complexity index is 258. The van der Waals surface area contributed by atoms with Crippen LogP contribution in [0.3, 0.4) is 0 Å². The summed E-state index contributed by atoms with van der Waals surface area (Å²) in [6, 6.07) is 3.00. The molecule has 3 nitrogen and oxygen atoms in total. The molecule has 1 heterocycles. The molecule has 0 spiro atoms. The van der Waals surface area contributed by atoms with Crippen molar-refractivity contribution < 1.29 is 4.39 Å². The zero-order valence-corrected chi connectivity index (χ0v) is 7.79. The number of rotatable bonds is 3. The second-order valence-corrected chi connectivity index (χ2v) is 3.29. The van der Waals surface area contributed by atoms with Crippen LogP contribution in [0.2, 0.25) is 0 Å². The van der Waals surface area contributed by atoms with Gasteiger partial charge in [-0.1, -0.05) is 13.8 Å². The highest BCUT2D eigenvalue weighted by atomic mass is 19.1. The van der Waals surface area contributed by atoms with Crippen molar-refractivity contribution in [2.24, 2.45) is 11.8 Å². The Morgan fingerprint density at radius 3 is 2.54 bits per heavy atom. The maximum Gasteiger partial charge on any atom is 0.141 e. The molecule has 1 rings (SSSR count). The first-order valence-corrected chi connectivity index (χ1v) is 4.22. The van der Waals surface area contributed by atoms with Gasteiger partial charge in [-0.25, -0.2) is 4.39 Å². The molecule has 0 aliphatic carbocycles. The number of aromatic nitrogens is 1. The van der Waals surface area contributed by atoms with Gasteiger partial charge in [0.1, 0.15) is 5.82 Å². The third kappa shape index (κ3) is 2.47. The molecule has 0 aromatic carbocycles. The van der Waals surface area contributed by atoms with E-state index >= 15 is 0 Å². The van der Waals surface area contributed by atoms with Crippen molar-refractivity contribution in [3.63, 3.8) is 0 Å². The van der Waals surface area contributed by atoms with Crippen molar-refractivity contribution in [1.29, 1.82) is 0 Å². The molecule has 0 fully saturated rings. The fourth-order valence-corrected chi connectivity index (χ4v) is 1.19. The van der Waals surface area contributed by atoms with E-state index in [0.29, 0.717) is 5.92 Å². The molecule has 1 atom stereocenters. The lowest BCUT2D eigenvalue weighted by Gasteiger charge is -2.18. The smallest absolute Gasteiger partial charge is 0.141 e. The summed E-state index contributed by atoms with van der Waals surface area (Å²) in [6.07, 6.45) is 1.20. The molecule has 1 aromatic heterocycles. The Morgan fingerprint density at radius 1 is 1.46 bits per heavy atom. The van der Waals surface area contributed by atoms with Crippen molar-refractivity contribution in [2.45, 2.75) is 19.9 Å². The lowest BCUT2D eigenvalue weighted by Crippen LogP contribution is -2.32. The fourth-order valence-electron chi connectivity index (χ4n) is 1.19. The molecule has 13 heavy (non-hydrogen) atoms. The van der Waals surface area contributed by atoms with E-state index in [-0.39, 0.29) is 11.9 Å². The first kappa shape index (κ1) is 10.1. The van der Waals surface area contributed by atoms with E-state index in [1.165, 1.54) is 12.3 Å². The molecule has 4 heteroatoms. The van der Waals surface area contributed by atoms with Crippen LogP contribution in [0.25, 0.3) is 0 Å². The number of hydrazine groups is 1. The van der Waals surface area contributed by atoms with E-state index in [4.69, 9.17) is 5.84 Å². The van der Waals surface area contributed by atoms with Gasteiger partial charge in [-0.15, -0.1) is 0 Å². The van der Waals surface area contributed by atoms with Gasteiger partial charge in [-0.3, -0.25) is 16.3 Å².